The monoisotopic (exact) mass is 160 g/mol. The molecule has 0 aromatic heterocycles. The summed E-state index contributed by atoms with van der Waals surface area (Å²) < 4.78 is 31.6. The van der Waals surface area contributed by atoms with E-state index in [9.17, 15) is 0 Å². The predicted molar refractivity (Wildman–Crippen MR) is 24.7 cm³/mol. The molecule has 4 nitrogen and oxygen atoms in total. The van der Waals surface area contributed by atoms with Crippen molar-refractivity contribution < 1.29 is 25.1 Å². The maximum absolute atomic E-state index is 8.74. The van der Waals surface area contributed by atoms with Crippen LogP contribution in [0.1, 0.15) is 2.85 Å². The van der Waals surface area contributed by atoms with E-state index < -0.39 is 10.4 Å². The Hall–Kier alpha value is 1.06. The molecule has 0 radical (unpaired) electrons. The average Bonchev–Trinajstić information content (AvgIpc) is 0.722. The minimum absolute atomic E-state index is 0. The summed E-state index contributed by atoms with van der Waals surface area (Å²) >= 11 is 0. The van der Waals surface area contributed by atoms with Crippen molar-refractivity contribution >= 4 is 48.1 Å². The number of hydrogen-bond acceptors (Lipinski definition) is 2. The van der Waals surface area contributed by atoms with Gasteiger partial charge in [-0.05, 0) is 0 Å². The first-order chi connectivity index (χ1) is 2.00. The van der Waals surface area contributed by atoms with E-state index in [1.165, 1.54) is 0 Å². The standard InChI is InChI=1S/Ca.FH.H2O4S.2H/c;;1-5(2,3)4;;/h;1H;(H2,1,2,3,4);;/q+2;;;2*-1. The first-order valence-corrected chi connectivity index (χ1v) is 2.10. The summed E-state index contributed by atoms with van der Waals surface area (Å²) in [5.74, 6) is 0. The topological polar surface area (TPSA) is 74.6 Å². The zero-order valence-corrected chi connectivity index (χ0v) is 6.26. The van der Waals surface area contributed by atoms with E-state index >= 15 is 0 Å². The molecule has 0 amide bonds. The molecule has 0 saturated heterocycles. The van der Waals surface area contributed by atoms with E-state index in [1.54, 1.807) is 0 Å². The van der Waals surface area contributed by atoms with Gasteiger partial charge in [0, 0.05) is 0 Å². The van der Waals surface area contributed by atoms with Gasteiger partial charge in [0.2, 0.25) is 0 Å². The minimum Gasteiger partial charge on any atom is -1.00 e. The molecule has 0 fully saturated rings. The van der Waals surface area contributed by atoms with Crippen molar-refractivity contribution in [2.24, 2.45) is 0 Å². The van der Waals surface area contributed by atoms with Crippen LogP contribution in [-0.4, -0.2) is 55.3 Å². The molecule has 0 aliphatic carbocycles. The molecule has 0 rings (SSSR count). The van der Waals surface area contributed by atoms with Crippen molar-refractivity contribution in [3.05, 3.63) is 0 Å². The smallest absolute Gasteiger partial charge is 1.00 e. The van der Waals surface area contributed by atoms with Gasteiger partial charge in [-0.2, -0.15) is 8.42 Å². The average molecular weight is 160 g/mol. The molecule has 0 aliphatic heterocycles. The Kier molecular flexibility index (Phi) is 11.7. The molecule has 0 aromatic rings. The first kappa shape index (κ1) is 15.7. The molecule has 7 heteroatoms. The van der Waals surface area contributed by atoms with Gasteiger partial charge in [-0.3, -0.25) is 13.8 Å². The van der Waals surface area contributed by atoms with Crippen molar-refractivity contribution in [3.63, 3.8) is 0 Å². The van der Waals surface area contributed by atoms with Crippen molar-refractivity contribution in [3.8, 4) is 0 Å². The van der Waals surface area contributed by atoms with Crippen LogP contribution < -0.4 is 0 Å². The number of hydrogen-bond donors (Lipinski definition) is 2. The summed E-state index contributed by atoms with van der Waals surface area (Å²) in [6.45, 7) is 0. The van der Waals surface area contributed by atoms with Crippen LogP contribution in [0.25, 0.3) is 0 Å². The van der Waals surface area contributed by atoms with Crippen LogP contribution in [0, 0.1) is 0 Å². The van der Waals surface area contributed by atoms with E-state index in [2.05, 4.69) is 0 Å². The molecule has 0 heterocycles. The molecule has 2 N–H and O–H groups in total. The van der Waals surface area contributed by atoms with Gasteiger partial charge in [0.05, 0.1) is 0 Å². The van der Waals surface area contributed by atoms with E-state index in [1.807, 2.05) is 0 Å². The molecule has 0 bridgehead atoms. The normalized spacial score (nSPS) is 8.29. The Labute approximate surface area is 72.8 Å². The maximum atomic E-state index is 8.74. The Morgan fingerprint density at radius 3 is 1.29 bits per heavy atom. The molecule has 0 saturated carbocycles. The van der Waals surface area contributed by atoms with Crippen LogP contribution in [0.15, 0.2) is 0 Å². The third-order valence-electron chi connectivity index (χ3n) is 0. The predicted octanol–water partition coefficient (Wildman–Crippen LogP) is -0.656. The first-order valence-electron chi connectivity index (χ1n) is 0.698. The van der Waals surface area contributed by atoms with Crippen molar-refractivity contribution in [1.29, 1.82) is 0 Å². The van der Waals surface area contributed by atoms with Crippen molar-refractivity contribution in [1.82, 2.24) is 0 Å². The Balaban J connectivity index is -0.0000000133. The molecule has 44 valence electrons. The van der Waals surface area contributed by atoms with Crippen molar-refractivity contribution in [2.75, 3.05) is 0 Å². The van der Waals surface area contributed by atoms with Gasteiger partial charge >= 0.3 is 48.1 Å². The second-order valence-corrected chi connectivity index (χ2v) is 1.34. The molecular weight excluding hydrogens is 155 g/mol. The van der Waals surface area contributed by atoms with Gasteiger partial charge in [0.15, 0.2) is 0 Å². The van der Waals surface area contributed by atoms with Gasteiger partial charge in [0.25, 0.3) is 0 Å². The zero-order valence-electron chi connectivity index (χ0n) is 5.23. The van der Waals surface area contributed by atoms with Crippen LogP contribution >= 0.6 is 0 Å². The van der Waals surface area contributed by atoms with E-state index in [0.717, 1.165) is 0 Å². The third-order valence-corrected chi connectivity index (χ3v) is 0. The largest absolute Gasteiger partial charge is 2.00 e. The molecule has 0 spiro atoms. The van der Waals surface area contributed by atoms with Crippen LogP contribution in [0.5, 0.6) is 0 Å². The fraction of sp³-hybridized carbons (Fsp3) is 0. The van der Waals surface area contributed by atoms with Gasteiger partial charge < -0.3 is 2.85 Å². The number of rotatable bonds is 0. The SMILES string of the molecule is F.O=S(=O)(O)O.[Ca+2].[H-].[H-]. The van der Waals surface area contributed by atoms with Gasteiger partial charge in [-0.15, -0.1) is 0 Å². The van der Waals surface area contributed by atoms with Crippen LogP contribution in [-0.2, 0) is 10.4 Å². The van der Waals surface area contributed by atoms with Gasteiger partial charge in [-0.25, -0.2) is 0 Å². The van der Waals surface area contributed by atoms with Gasteiger partial charge in [-0.1, -0.05) is 0 Å². The summed E-state index contributed by atoms with van der Waals surface area (Å²) in [5, 5.41) is 0. The Morgan fingerprint density at radius 2 is 1.29 bits per heavy atom. The Bertz CT molecular complexity index is 102. The summed E-state index contributed by atoms with van der Waals surface area (Å²) in [6, 6.07) is 0. The van der Waals surface area contributed by atoms with Gasteiger partial charge in [0.1, 0.15) is 0 Å². The Morgan fingerprint density at radius 1 is 1.29 bits per heavy atom. The van der Waals surface area contributed by atoms with Crippen LogP contribution in [0.2, 0.25) is 0 Å². The maximum Gasteiger partial charge on any atom is 2.00 e. The van der Waals surface area contributed by atoms with E-state index in [4.69, 9.17) is 17.5 Å². The van der Waals surface area contributed by atoms with Crippen LogP contribution in [0.4, 0.5) is 4.70 Å². The fourth-order valence-electron chi connectivity index (χ4n) is 0. The molecule has 0 aliphatic rings. The summed E-state index contributed by atoms with van der Waals surface area (Å²) in [7, 11) is -4.67. The van der Waals surface area contributed by atoms with E-state index in [-0.39, 0.29) is 45.3 Å². The van der Waals surface area contributed by atoms with Crippen LogP contribution in [0.3, 0.4) is 0 Å². The molecule has 7 heavy (non-hydrogen) atoms. The summed E-state index contributed by atoms with van der Waals surface area (Å²) in [6.07, 6.45) is 0. The quantitative estimate of drug-likeness (QED) is 0.364. The fourth-order valence-corrected chi connectivity index (χ4v) is 0. The number of halogens is 1. The van der Waals surface area contributed by atoms with E-state index in [0.29, 0.717) is 0 Å². The molecule has 0 aromatic carbocycles. The second-order valence-electron chi connectivity index (χ2n) is 0.448. The van der Waals surface area contributed by atoms with Crippen molar-refractivity contribution in [2.45, 2.75) is 0 Å². The zero-order chi connectivity index (χ0) is 4.50. The summed E-state index contributed by atoms with van der Waals surface area (Å²) in [4.78, 5) is 0. The summed E-state index contributed by atoms with van der Waals surface area (Å²) in [5.41, 5.74) is 0. The third kappa shape index (κ3) is 161. The molecule has 0 atom stereocenters. The molecular formula is H5CaFO4S. The molecule has 0 unspecified atom stereocenters. The minimum atomic E-state index is -4.67. The second kappa shape index (κ2) is 5.20.